The molecule has 1 aliphatic rings. The molecule has 5 nitrogen and oxygen atoms in total. The van der Waals surface area contributed by atoms with Gasteiger partial charge < -0.3 is 10.1 Å². The zero-order valence-corrected chi connectivity index (χ0v) is 9.77. The van der Waals surface area contributed by atoms with Crippen LogP contribution >= 0.6 is 0 Å². The van der Waals surface area contributed by atoms with Crippen LogP contribution in [0.1, 0.15) is 6.92 Å². The van der Waals surface area contributed by atoms with Crippen molar-refractivity contribution < 1.29 is 14.3 Å². The van der Waals surface area contributed by atoms with Gasteiger partial charge in [0, 0.05) is 7.05 Å². The van der Waals surface area contributed by atoms with Crippen LogP contribution in [-0.2, 0) is 9.59 Å². The third kappa shape index (κ3) is 2.08. The van der Waals surface area contributed by atoms with Gasteiger partial charge in [0.25, 0.3) is 5.91 Å². The van der Waals surface area contributed by atoms with E-state index < -0.39 is 6.10 Å². The Kier molecular flexibility index (Phi) is 2.99. The number of ether oxygens (including phenoxy) is 1. The van der Waals surface area contributed by atoms with Crippen molar-refractivity contribution in [3.8, 4) is 5.75 Å². The summed E-state index contributed by atoms with van der Waals surface area (Å²) >= 11 is 0. The number of carbonyl (C=O) groups is 2. The predicted molar refractivity (Wildman–Crippen MR) is 63.0 cm³/mol. The Labute approximate surface area is 99.4 Å². The van der Waals surface area contributed by atoms with E-state index in [4.69, 9.17) is 4.74 Å². The molecule has 1 heterocycles. The van der Waals surface area contributed by atoms with E-state index in [1.807, 2.05) is 12.1 Å². The van der Waals surface area contributed by atoms with Crippen LogP contribution in [0.3, 0.4) is 0 Å². The van der Waals surface area contributed by atoms with Gasteiger partial charge in [-0.05, 0) is 19.1 Å². The van der Waals surface area contributed by atoms with E-state index in [1.54, 1.807) is 26.1 Å². The molecule has 0 radical (unpaired) electrons. The Morgan fingerprint density at radius 2 is 2.18 bits per heavy atom. The normalized spacial score (nSPS) is 18.4. The number of benzene rings is 1. The monoisotopic (exact) mass is 234 g/mol. The second-order valence-electron chi connectivity index (χ2n) is 3.83. The molecule has 0 bridgehead atoms. The molecule has 0 aromatic heterocycles. The van der Waals surface area contributed by atoms with E-state index in [2.05, 4.69) is 5.32 Å². The van der Waals surface area contributed by atoms with Gasteiger partial charge in [0.1, 0.15) is 12.3 Å². The van der Waals surface area contributed by atoms with Crippen molar-refractivity contribution in [2.75, 3.05) is 18.5 Å². The van der Waals surface area contributed by atoms with Crippen LogP contribution in [0.25, 0.3) is 0 Å². The number of hydrogen-bond acceptors (Lipinski definition) is 3. The van der Waals surface area contributed by atoms with Gasteiger partial charge in [-0.15, -0.1) is 0 Å². The van der Waals surface area contributed by atoms with Crippen LogP contribution < -0.4 is 15.0 Å². The zero-order valence-electron chi connectivity index (χ0n) is 9.77. The molecule has 0 fully saturated rings. The minimum absolute atomic E-state index is 0.0139. The first-order valence-corrected chi connectivity index (χ1v) is 5.41. The number of nitrogens with zero attached hydrogens (tertiary/aromatic N) is 1. The molecule has 0 aliphatic carbocycles. The minimum atomic E-state index is -0.561. The summed E-state index contributed by atoms with van der Waals surface area (Å²) in [5, 5.41) is 2.50. The lowest BCUT2D eigenvalue weighted by atomic mass is 10.2. The van der Waals surface area contributed by atoms with Crippen molar-refractivity contribution in [1.29, 1.82) is 0 Å². The summed E-state index contributed by atoms with van der Waals surface area (Å²) in [4.78, 5) is 24.8. The number of carbonyl (C=O) groups excluding carboxylic acids is 2. The fourth-order valence-electron chi connectivity index (χ4n) is 1.74. The Hall–Kier alpha value is -2.04. The SMILES string of the molecule is CNC(=O)CN1C(=O)C(C)Oc2ccccc21. The molecule has 2 amide bonds. The Morgan fingerprint density at radius 1 is 1.47 bits per heavy atom. The highest BCUT2D eigenvalue weighted by molar-refractivity contribution is 6.03. The molecule has 5 heteroatoms. The van der Waals surface area contributed by atoms with E-state index in [1.165, 1.54) is 4.90 Å². The lowest BCUT2D eigenvalue weighted by Crippen LogP contribution is -2.48. The number of hydrogen-bond donors (Lipinski definition) is 1. The lowest BCUT2D eigenvalue weighted by Gasteiger charge is -2.32. The van der Waals surface area contributed by atoms with Crippen molar-refractivity contribution in [3.05, 3.63) is 24.3 Å². The van der Waals surface area contributed by atoms with Crippen molar-refractivity contribution in [2.24, 2.45) is 0 Å². The van der Waals surface area contributed by atoms with E-state index in [0.29, 0.717) is 11.4 Å². The van der Waals surface area contributed by atoms with Gasteiger partial charge in [-0.1, -0.05) is 12.1 Å². The van der Waals surface area contributed by atoms with E-state index in [-0.39, 0.29) is 18.4 Å². The smallest absolute Gasteiger partial charge is 0.268 e. The Balaban J connectivity index is 2.35. The van der Waals surface area contributed by atoms with Crippen LogP contribution in [0.2, 0.25) is 0 Å². The molecule has 1 aromatic carbocycles. The summed E-state index contributed by atoms with van der Waals surface area (Å²) in [5.41, 5.74) is 0.638. The summed E-state index contributed by atoms with van der Waals surface area (Å²) in [6, 6.07) is 7.19. The highest BCUT2D eigenvalue weighted by atomic mass is 16.5. The molecule has 1 aliphatic heterocycles. The Morgan fingerprint density at radius 3 is 2.88 bits per heavy atom. The van der Waals surface area contributed by atoms with Crippen LogP contribution in [-0.4, -0.2) is 31.5 Å². The summed E-state index contributed by atoms with van der Waals surface area (Å²) < 4.78 is 5.47. The number of likely N-dealkylation sites (N-methyl/N-ethyl adjacent to an activating group) is 1. The molecular formula is C12H14N2O3. The van der Waals surface area contributed by atoms with Gasteiger partial charge in [-0.25, -0.2) is 0 Å². The first-order chi connectivity index (χ1) is 8.13. The average molecular weight is 234 g/mol. The van der Waals surface area contributed by atoms with Gasteiger partial charge in [0.15, 0.2) is 6.10 Å². The lowest BCUT2D eigenvalue weighted by molar-refractivity contribution is -0.128. The van der Waals surface area contributed by atoms with Crippen molar-refractivity contribution in [3.63, 3.8) is 0 Å². The number of fused-ring (bicyclic) bond motifs is 1. The highest BCUT2D eigenvalue weighted by Gasteiger charge is 2.32. The topological polar surface area (TPSA) is 58.6 Å². The number of rotatable bonds is 2. The molecule has 1 atom stereocenters. The molecule has 2 rings (SSSR count). The number of nitrogens with one attached hydrogen (secondary N) is 1. The fourth-order valence-corrected chi connectivity index (χ4v) is 1.74. The van der Waals surface area contributed by atoms with Crippen molar-refractivity contribution in [2.45, 2.75) is 13.0 Å². The summed E-state index contributed by atoms with van der Waals surface area (Å²) in [5.74, 6) is 0.220. The van der Waals surface area contributed by atoms with Gasteiger partial charge in [0.05, 0.1) is 5.69 Å². The van der Waals surface area contributed by atoms with Crippen molar-refractivity contribution in [1.82, 2.24) is 5.32 Å². The fraction of sp³-hybridized carbons (Fsp3) is 0.333. The molecular weight excluding hydrogens is 220 g/mol. The summed E-state index contributed by atoms with van der Waals surface area (Å²) in [6.45, 7) is 1.69. The van der Waals surface area contributed by atoms with E-state index >= 15 is 0 Å². The van der Waals surface area contributed by atoms with Crippen LogP contribution in [0.4, 0.5) is 5.69 Å². The summed E-state index contributed by atoms with van der Waals surface area (Å²) in [6.07, 6.45) is -0.561. The third-order valence-electron chi connectivity index (χ3n) is 2.65. The summed E-state index contributed by atoms with van der Waals surface area (Å²) in [7, 11) is 1.54. The highest BCUT2D eigenvalue weighted by Crippen LogP contribution is 2.33. The molecule has 90 valence electrons. The molecule has 1 N–H and O–H groups in total. The standard InChI is InChI=1S/C12H14N2O3/c1-8-12(16)14(7-11(15)13-2)9-5-3-4-6-10(9)17-8/h3-6,8H,7H2,1-2H3,(H,13,15). The maximum Gasteiger partial charge on any atom is 0.268 e. The maximum absolute atomic E-state index is 12.0. The van der Waals surface area contributed by atoms with Gasteiger partial charge in [-0.2, -0.15) is 0 Å². The van der Waals surface area contributed by atoms with Crippen LogP contribution in [0.15, 0.2) is 24.3 Å². The third-order valence-corrected chi connectivity index (χ3v) is 2.65. The number of amides is 2. The average Bonchev–Trinajstić information content (AvgIpc) is 2.34. The number of anilines is 1. The van der Waals surface area contributed by atoms with Gasteiger partial charge >= 0.3 is 0 Å². The molecule has 1 aromatic rings. The predicted octanol–water partition coefficient (Wildman–Crippen LogP) is 0.546. The maximum atomic E-state index is 12.0. The molecule has 1 unspecified atom stereocenters. The second kappa shape index (κ2) is 4.45. The second-order valence-corrected chi connectivity index (χ2v) is 3.83. The quantitative estimate of drug-likeness (QED) is 0.812. The molecule has 0 saturated heterocycles. The van der Waals surface area contributed by atoms with Gasteiger partial charge in [-0.3, -0.25) is 14.5 Å². The molecule has 0 spiro atoms. The molecule has 17 heavy (non-hydrogen) atoms. The van der Waals surface area contributed by atoms with E-state index in [0.717, 1.165) is 0 Å². The largest absolute Gasteiger partial charge is 0.479 e. The van der Waals surface area contributed by atoms with Crippen molar-refractivity contribution >= 4 is 17.5 Å². The first-order valence-electron chi connectivity index (χ1n) is 5.41. The van der Waals surface area contributed by atoms with E-state index in [9.17, 15) is 9.59 Å². The first kappa shape index (κ1) is 11.4. The number of para-hydroxylation sites is 2. The Bertz CT molecular complexity index is 459. The van der Waals surface area contributed by atoms with Crippen LogP contribution in [0, 0.1) is 0 Å². The van der Waals surface area contributed by atoms with Crippen LogP contribution in [0.5, 0.6) is 5.75 Å². The zero-order chi connectivity index (χ0) is 12.4. The van der Waals surface area contributed by atoms with Gasteiger partial charge in [0.2, 0.25) is 5.91 Å². The molecule has 0 saturated carbocycles. The minimum Gasteiger partial charge on any atom is -0.479 e.